The van der Waals surface area contributed by atoms with Crippen molar-refractivity contribution < 1.29 is 22.7 Å². The van der Waals surface area contributed by atoms with Crippen molar-refractivity contribution in [2.75, 3.05) is 51.8 Å². The minimum absolute atomic E-state index is 0.217. The molecule has 1 atom stereocenters. The maximum absolute atomic E-state index is 13.7. The Kier molecular flexibility index (Phi) is 10.1. The molecule has 1 aromatic rings. The van der Waals surface area contributed by atoms with Crippen LogP contribution in [0.2, 0.25) is 0 Å². The number of nitrogens with one attached hydrogen (secondary N) is 3. The number of nitrogens with zero attached hydrogens (tertiary/aromatic N) is 2. The van der Waals surface area contributed by atoms with Crippen LogP contribution in [-0.2, 0) is 9.53 Å². The van der Waals surface area contributed by atoms with E-state index in [1.165, 1.54) is 0 Å². The molecular weight excluding hydrogens is 411 g/mol. The Morgan fingerprint density at radius 3 is 2.42 bits per heavy atom. The average Bonchev–Trinajstić information content (AvgIpc) is 2.79. The first-order chi connectivity index (χ1) is 14.9. The zero-order valence-electron chi connectivity index (χ0n) is 18.3. The van der Waals surface area contributed by atoms with Crippen molar-refractivity contribution in [1.29, 1.82) is 0 Å². The van der Waals surface area contributed by atoms with Crippen LogP contribution < -0.4 is 16.0 Å². The largest absolute Gasteiger partial charge is 0.379 e. The molecule has 1 aliphatic heterocycles. The van der Waals surface area contributed by atoms with Crippen LogP contribution in [0.1, 0.15) is 26.7 Å². The fourth-order valence-electron chi connectivity index (χ4n) is 3.74. The van der Waals surface area contributed by atoms with E-state index in [0.29, 0.717) is 37.7 Å². The number of morpholine rings is 1. The predicted molar refractivity (Wildman–Crippen MR) is 115 cm³/mol. The van der Waals surface area contributed by atoms with Crippen molar-refractivity contribution in [3.05, 3.63) is 29.6 Å². The van der Waals surface area contributed by atoms with Gasteiger partial charge in [0, 0.05) is 32.7 Å². The number of hydrogen-bond donors (Lipinski definition) is 3. The molecule has 1 saturated heterocycles. The number of carbonyl (C=O) groups is 1. The van der Waals surface area contributed by atoms with Gasteiger partial charge in [0.1, 0.15) is 0 Å². The lowest BCUT2D eigenvalue weighted by Crippen LogP contribution is -2.53. The van der Waals surface area contributed by atoms with E-state index in [1.54, 1.807) is 7.05 Å². The Morgan fingerprint density at radius 2 is 1.81 bits per heavy atom. The van der Waals surface area contributed by atoms with E-state index in [2.05, 4.69) is 39.7 Å². The number of carbonyl (C=O) groups excluding carboxylic acids is 1. The van der Waals surface area contributed by atoms with Crippen LogP contribution in [0.5, 0.6) is 0 Å². The molecule has 0 saturated carbocycles. The lowest BCUT2D eigenvalue weighted by atomic mass is 9.92. The number of halogens is 3. The van der Waals surface area contributed by atoms with Gasteiger partial charge in [-0.1, -0.05) is 26.7 Å². The van der Waals surface area contributed by atoms with Gasteiger partial charge in [0.05, 0.1) is 25.4 Å². The van der Waals surface area contributed by atoms with Gasteiger partial charge in [-0.25, -0.2) is 13.2 Å². The summed E-state index contributed by atoms with van der Waals surface area (Å²) in [6.45, 7) is 7.95. The SMILES string of the molecule is CCC(CC)C(CNC(=NC)NCC(=O)Nc1ccc(F)c(F)c1F)N1CCOCC1. The van der Waals surface area contributed by atoms with Crippen LogP contribution in [0.15, 0.2) is 17.1 Å². The highest BCUT2D eigenvalue weighted by Crippen LogP contribution is 2.20. The topological polar surface area (TPSA) is 78.0 Å². The van der Waals surface area contributed by atoms with Gasteiger partial charge in [0.15, 0.2) is 23.4 Å². The molecule has 0 spiro atoms. The Bertz CT molecular complexity index is 753. The van der Waals surface area contributed by atoms with E-state index in [9.17, 15) is 18.0 Å². The minimum Gasteiger partial charge on any atom is -0.379 e. The molecule has 1 fully saturated rings. The molecule has 1 unspecified atom stereocenters. The highest BCUT2D eigenvalue weighted by molar-refractivity contribution is 5.95. The van der Waals surface area contributed by atoms with Crippen LogP contribution in [-0.4, -0.2) is 69.2 Å². The molecule has 0 radical (unpaired) electrons. The average molecular weight is 444 g/mol. The summed E-state index contributed by atoms with van der Waals surface area (Å²) in [6.07, 6.45) is 2.10. The molecule has 1 heterocycles. The quantitative estimate of drug-likeness (QED) is 0.310. The van der Waals surface area contributed by atoms with Crippen molar-refractivity contribution in [2.24, 2.45) is 10.9 Å². The van der Waals surface area contributed by atoms with Gasteiger partial charge in [0.25, 0.3) is 0 Å². The Labute approximate surface area is 181 Å². The van der Waals surface area contributed by atoms with Gasteiger partial charge in [-0.05, 0) is 18.1 Å². The number of guanidine groups is 1. The summed E-state index contributed by atoms with van der Waals surface area (Å²) in [7, 11) is 1.59. The highest BCUT2D eigenvalue weighted by atomic mass is 19.2. The van der Waals surface area contributed by atoms with E-state index in [1.807, 2.05) is 0 Å². The van der Waals surface area contributed by atoms with Crippen molar-refractivity contribution in [3.8, 4) is 0 Å². The van der Waals surface area contributed by atoms with E-state index >= 15 is 0 Å². The summed E-state index contributed by atoms with van der Waals surface area (Å²) in [5.74, 6) is -4.07. The number of aliphatic imine (C=N–C) groups is 1. The first-order valence-electron chi connectivity index (χ1n) is 10.6. The lowest BCUT2D eigenvalue weighted by molar-refractivity contribution is -0.115. The van der Waals surface area contributed by atoms with Crippen molar-refractivity contribution in [3.63, 3.8) is 0 Å². The molecule has 1 aromatic carbocycles. The number of rotatable bonds is 9. The molecule has 3 N–H and O–H groups in total. The Balaban J connectivity index is 1.90. The van der Waals surface area contributed by atoms with Crippen LogP contribution >= 0.6 is 0 Å². The van der Waals surface area contributed by atoms with E-state index in [0.717, 1.165) is 38.1 Å². The van der Waals surface area contributed by atoms with Crippen LogP contribution in [0, 0.1) is 23.4 Å². The number of amides is 1. The number of anilines is 1. The monoisotopic (exact) mass is 443 g/mol. The first kappa shape index (κ1) is 24.9. The normalized spacial score (nSPS) is 16.3. The van der Waals surface area contributed by atoms with E-state index in [4.69, 9.17) is 4.74 Å². The van der Waals surface area contributed by atoms with Crippen molar-refractivity contribution in [2.45, 2.75) is 32.7 Å². The van der Waals surface area contributed by atoms with Crippen LogP contribution in [0.3, 0.4) is 0 Å². The van der Waals surface area contributed by atoms with E-state index in [-0.39, 0.29) is 6.54 Å². The summed E-state index contributed by atoms with van der Waals surface area (Å²) in [4.78, 5) is 18.6. The number of ether oxygens (including phenoxy) is 1. The lowest BCUT2D eigenvalue weighted by Gasteiger charge is -2.39. The molecule has 2 rings (SSSR count). The molecule has 10 heteroatoms. The third kappa shape index (κ3) is 7.10. The highest BCUT2D eigenvalue weighted by Gasteiger charge is 2.27. The van der Waals surface area contributed by atoms with Crippen molar-refractivity contribution in [1.82, 2.24) is 15.5 Å². The molecule has 1 amide bonds. The van der Waals surface area contributed by atoms with Gasteiger partial charge in [-0.15, -0.1) is 0 Å². The zero-order chi connectivity index (χ0) is 22.8. The predicted octanol–water partition coefficient (Wildman–Crippen LogP) is 2.34. The summed E-state index contributed by atoms with van der Waals surface area (Å²) >= 11 is 0. The standard InChI is InChI=1S/C21H32F3N5O2/c1-4-14(5-2)17(29-8-10-31-11-9-29)12-26-21(25-3)27-13-18(30)28-16-7-6-15(22)19(23)20(16)24/h6-7,14,17H,4-5,8-13H2,1-3H3,(H,28,30)(H2,25,26,27). The maximum atomic E-state index is 13.7. The van der Waals surface area contributed by atoms with Crippen molar-refractivity contribution >= 4 is 17.6 Å². The smallest absolute Gasteiger partial charge is 0.243 e. The van der Waals surface area contributed by atoms with Crippen LogP contribution in [0.25, 0.3) is 0 Å². The molecule has 174 valence electrons. The fourth-order valence-corrected chi connectivity index (χ4v) is 3.74. The zero-order valence-corrected chi connectivity index (χ0v) is 18.3. The molecular formula is C21H32F3N5O2. The van der Waals surface area contributed by atoms with Gasteiger partial charge in [-0.2, -0.15) is 0 Å². The first-order valence-corrected chi connectivity index (χ1v) is 10.6. The van der Waals surface area contributed by atoms with Crippen LogP contribution in [0.4, 0.5) is 18.9 Å². The summed E-state index contributed by atoms with van der Waals surface area (Å²) in [5, 5.41) is 8.34. The molecule has 31 heavy (non-hydrogen) atoms. The Hall–Kier alpha value is -2.33. The fraction of sp³-hybridized carbons (Fsp3) is 0.619. The molecule has 1 aliphatic rings. The third-order valence-electron chi connectivity index (χ3n) is 5.54. The molecule has 0 aliphatic carbocycles. The van der Waals surface area contributed by atoms with Gasteiger partial charge >= 0.3 is 0 Å². The second-order valence-corrected chi connectivity index (χ2v) is 7.37. The van der Waals surface area contributed by atoms with Gasteiger partial charge in [0.2, 0.25) is 5.91 Å². The maximum Gasteiger partial charge on any atom is 0.243 e. The van der Waals surface area contributed by atoms with Gasteiger partial charge in [-0.3, -0.25) is 14.7 Å². The number of benzene rings is 1. The molecule has 7 nitrogen and oxygen atoms in total. The minimum atomic E-state index is -1.63. The molecule has 0 aromatic heterocycles. The summed E-state index contributed by atoms with van der Waals surface area (Å²) in [5.41, 5.74) is -0.422. The summed E-state index contributed by atoms with van der Waals surface area (Å²) < 4.78 is 45.5. The Morgan fingerprint density at radius 1 is 1.13 bits per heavy atom. The second kappa shape index (κ2) is 12.5. The third-order valence-corrected chi connectivity index (χ3v) is 5.54. The molecule has 0 bridgehead atoms. The van der Waals surface area contributed by atoms with Gasteiger partial charge < -0.3 is 20.7 Å². The second-order valence-electron chi connectivity index (χ2n) is 7.37. The number of hydrogen-bond acceptors (Lipinski definition) is 4. The summed E-state index contributed by atoms with van der Waals surface area (Å²) in [6, 6.07) is 2.02. The van der Waals surface area contributed by atoms with E-state index < -0.39 is 29.0 Å².